The van der Waals surface area contributed by atoms with Crippen LogP contribution in [0.3, 0.4) is 0 Å². The first-order valence-corrected chi connectivity index (χ1v) is 23.4. The average molecular weight is 1220 g/mol. The van der Waals surface area contributed by atoms with E-state index in [1.54, 1.807) is 23.4 Å². The summed E-state index contributed by atoms with van der Waals surface area (Å²) in [7, 11) is 1.82. The van der Waals surface area contributed by atoms with Crippen molar-refractivity contribution in [2.45, 2.75) is 84.2 Å². The molecule has 0 saturated carbocycles. The summed E-state index contributed by atoms with van der Waals surface area (Å²) in [5, 5.41) is 49.3. The van der Waals surface area contributed by atoms with E-state index >= 15 is 0 Å². The van der Waals surface area contributed by atoms with Crippen molar-refractivity contribution in [3.63, 3.8) is 0 Å². The minimum absolute atomic E-state index is 0. The Hall–Kier alpha value is -6.58. The van der Waals surface area contributed by atoms with Gasteiger partial charge in [-0.15, -0.1) is 0 Å². The van der Waals surface area contributed by atoms with Gasteiger partial charge in [0.1, 0.15) is 16.4 Å². The maximum absolute atomic E-state index is 11.6. The molecular weight excluding hydrogens is 1170 g/mol. The molecule has 0 spiro atoms. The van der Waals surface area contributed by atoms with E-state index in [0.717, 1.165) is 18.9 Å². The van der Waals surface area contributed by atoms with E-state index in [4.69, 9.17) is 54.2 Å². The third-order valence-electron chi connectivity index (χ3n) is 7.90. The maximum Gasteiger partial charge on any atom is 1.00 e. The van der Waals surface area contributed by atoms with Crippen LogP contribution >= 0.6 is 48.0 Å². The van der Waals surface area contributed by atoms with Crippen molar-refractivity contribution >= 4 is 88.6 Å². The van der Waals surface area contributed by atoms with Crippen LogP contribution in [0.5, 0.6) is 0 Å². The van der Waals surface area contributed by atoms with Crippen LogP contribution in [0.2, 0.25) is 0 Å². The Balaban J connectivity index is -0.000000296. The average Bonchev–Trinajstić information content (AvgIpc) is 3.61. The fourth-order valence-corrected chi connectivity index (χ4v) is 5.22. The molecule has 77 heavy (non-hydrogen) atoms. The molecule has 0 radical (unpaired) electrons. The molecule has 15 nitrogen and oxygen atoms in total. The van der Waals surface area contributed by atoms with Crippen LogP contribution in [0, 0.1) is 12.6 Å². The summed E-state index contributed by atoms with van der Waals surface area (Å²) < 4.78 is 0. The molecule has 400 valence electrons. The van der Waals surface area contributed by atoms with Gasteiger partial charge < -0.3 is 51.2 Å². The molecule has 0 saturated heterocycles. The van der Waals surface area contributed by atoms with E-state index in [9.17, 15) is 29.1 Å². The summed E-state index contributed by atoms with van der Waals surface area (Å²) >= 11 is 20.0. The van der Waals surface area contributed by atoms with Crippen LogP contribution in [0.15, 0.2) is 162 Å². The van der Waals surface area contributed by atoms with Crippen LogP contribution in [-0.4, -0.2) is 109 Å². The van der Waals surface area contributed by atoms with Gasteiger partial charge in [0.2, 0.25) is 5.91 Å². The Labute approximate surface area is 506 Å². The molecule has 0 aliphatic carbocycles. The molecule has 0 bridgehead atoms. The van der Waals surface area contributed by atoms with Crippen molar-refractivity contribution in [2.75, 3.05) is 26.0 Å². The molecule has 1 aromatic rings. The Morgan fingerprint density at radius 2 is 1.21 bits per heavy atom. The second-order valence-corrected chi connectivity index (χ2v) is 15.7. The van der Waals surface area contributed by atoms with E-state index in [-0.39, 0.29) is 90.0 Å². The van der Waals surface area contributed by atoms with Crippen LogP contribution in [0.1, 0.15) is 76.8 Å². The Bertz CT molecular complexity index is 2970. The number of aliphatic hydroxyl groups excluding tert-OH is 1. The number of hydrogen-bond donors (Lipinski definition) is 7. The molecule has 3 unspecified atom stereocenters. The van der Waals surface area contributed by atoms with Gasteiger partial charge in [-0.1, -0.05) is 74.0 Å². The third kappa shape index (κ3) is 48.8. The molecule has 21 heteroatoms. The molecule has 1 aliphatic heterocycles. The summed E-state index contributed by atoms with van der Waals surface area (Å²) in [4.78, 5) is 67.1. The number of amides is 1. The molecule has 1 aromatic carbocycles. The Morgan fingerprint density at radius 1 is 0.779 bits per heavy atom. The molecule has 3 atom stereocenters. The summed E-state index contributed by atoms with van der Waals surface area (Å²) in [6.07, 6.45) is 1.01. The maximum atomic E-state index is 11.6. The van der Waals surface area contributed by atoms with Crippen LogP contribution in [-0.2, 0) is 57.6 Å². The largest absolute Gasteiger partial charge is 1.00 e. The normalized spacial score (nSPS) is 10.3. The number of carboxylic acids is 4. The van der Waals surface area contributed by atoms with Crippen LogP contribution in [0.4, 0.5) is 0 Å². The van der Waals surface area contributed by atoms with Crippen molar-refractivity contribution in [3.8, 4) is 0 Å². The Morgan fingerprint density at radius 3 is 1.53 bits per heavy atom. The van der Waals surface area contributed by atoms with Crippen LogP contribution in [0.25, 0.3) is 0 Å². The number of carbonyl (C=O) groups excluding carboxylic acids is 3. The van der Waals surface area contributed by atoms with Gasteiger partial charge in [-0.2, -0.15) is 19.3 Å². The van der Waals surface area contributed by atoms with Crippen molar-refractivity contribution in [1.82, 2.24) is 15.1 Å². The first-order valence-electron chi connectivity index (χ1n) is 21.6. The second kappa shape index (κ2) is 52.8. The minimum Gasteiger partial charge on any atom is -0.550 e. The van der Waals surface area contributed by atoms with Crippen molar-refractivity contribution in [1.29, 1.82) is 0 Å². The fourth-order valence-electron chi connectivity index (χ4n) is 4.46. The number of benzene rings is 1. The van der Waals surface area contributed by atoms with Gasteiger partial charge in [0.25, 0.3) is 5.97 Å². The van der Waals surface area contributed by atoms with Crippen molar-refractivity contribution < 1.29 is 106 Å². The number of ketones is 1. The van der Waals surface area contributed by atoms with Crippen LogP contribution < -0.4 is 45.7 Å². The third-order valence-corrected chi connectivity index (χ3v) is 9.30. The number of thiocarbonyl (C=S) groups is 1. The summed E-state index contributed by atoms with van der Waals surface area (Å²) in [5.41, 5.74) is 59.1. The topological polar surface area (TPSA) is 251 Å². The van der Waals surface area contributed by atoms with E-state index in [2.05, 4.69) is 176 Å². The number of nitrogens with zero attached hydrogens (tertiary/aromatic N) is 2. The van der Waals surface area contributed by atoms with Crippen molar-refractivity contribution in [2.24, 2.45) is 11.7 Å². The molecule has 2 rings (SSSR count). The predicted octanol–water partition coefficient (Wildman–Crippen LogP) is 3.23. The van der Waals surface area contributed by atoms with E-state index in [0.29, 0.717) is 29.2 Å². The number of aliphatic hydroxyl groups is 1. The van der Waals surface area contributed by atoms with E-state index < -0.39 is 53.6 Å². The van der Waals surface area contributed by atoms with Gasteiger partial charge in [0.05, 0.1) is 12.5 Å². The number of aliphatic carboxylic acids is 4. The zero-order chi connectivity index (χ0) is 57.4. The summed E-state index contributed by atoms with van der Waals surface area (Å²) in [6.45, 7) is 13.0. The number of nitrogens with two attached hydrogens (primary N) is 1. The number of nitrogens with one attached hydrogen (secondary N) is 1. The number of rotatable bonds is 17. The number of hydrogen-bond acceptors (Lipinski definition) is 13. The van der Waals surface area contributed by atoms with Gasteiger partial charge in [-0.3, -0.25) is 24.0 Å². The number of thiol groups is 1. The fraction of sp³-hybridized carbons (Fsp3) is 0.321. The van der Waals surface area contributed by atoms with Gasteiger partial charge in [0, 0.05) is 118 Å². The minimum atomic E-state index is -1.21. The smallest absolute Gasteiger partial charge is 0.550 e. The zero-order valence-corrected chi connectivity index (χ0v) is 49.5. The molecule has 1 heterocycles. The molecule has 0 aromatic heterocycles. The van der Waals surface area contributed by atoms with E-state index in [1.165, 1.54) is 5.56 Å². The molecule has 7 N–H and O–H groups in total. The van der Waals surface area contributed by atoms with Gasteiger partial charge >= 0.3 is 63.9 Å². The monoisotopic (exact) mass is 1220 g/mol. The van der Waals surface area contributed by atoms with E-state index in [1.807, 2.05) is 31.3 Å². The Kier molecular flexibility index (Phi) is 54.4. The quantitative estimate of drug-likeness (QED) is 0.0296. The second-order valence-electron chi connectivity index (χ2n) is 14.4. The number of Topliss-reactive ketones (excluding diaryl/α,β-unsaturated/α-hetero) is 1. The number of carboxylic acid groups (broad SMARTS) is 4. The first kappa shape index (κ1) is 79.3. The number of halogens is 2. The first-order chi connectivity index (χ1) is 35.6. The SMILES string of the molecule is C=C=C=C=C=C=C=C=C=C=C=C=C=C=C=C=C=C=C=C=C=C=C=S.CC(=O)O.CC(C)Cc1ccc(C(C)C(=O)[O-])cc1.CN1[CH-]N(CCCO)C(Cl)=C1Cl.NC(CCC(=O)NC(CS)C(=O)CCC(=O)O)C(=O)O.[Ag+].[Na+]. The zero-order valence-electron chi connectivity index (χ0n) is 42.8. The molecule has 1 aliphatic rings. The standard InChI is InChI=1S/C23H2S.C13H18O2.C11H18N2O6S.C7H11Cl2N2O.C2H4O2.Ag.Na/c1-2-3-4-5-6-7-8-9-10-11-12-13-14-15-16-17-18-19-20-21-22-23-24;1-9(2)8-11-4-6-12(7-5-11)10(3)13(14)15;12-6(11(18)19)1-3-9(15)13-7(5-20)8(14)2-4-10(16)17;1-10-5-11(3-2-4-12)7(9)6(10)8;1-2(3)4;;/h1H2;4-7,9-10H,8H2,1-3H3,(H,14,15);6-7,20H,1-5,12H2,(H,13,15)(H,16,17)(H,18,19);5,12H,2-4H2,1H3;1H3,(H,3,4);;/q;;;-1;;2*+1/p-1. The van der Waals surface area contributed by atoms with Gasteiger partial charge in [-0.05, 0) is 115 Å². The molecular formula is C56H52AgCl2N4NaO11S2. The van der Waals surface area contributed by atoms with Crippen molar-refractivity contribution in [3.05, 3.63) is 179 Å². The predicted molar refractivity (Wildman–Crippen MR) is 285 cm³/mol. The summed E-state index contributed by atoms with van der Waals surface area (Å²) in [5.74, 6) is -4.99. The van der Waals surface area contributed by atoms with Gasteiger partial charge in [-0.25, -0.2) is 0 Å². The summed E-state index contributed by atoms with van der Waals surface area (Å²) in [6, 6.07) is 5.71. The molecule has 1 amide bonds. The van der Waals surface area contributed by atoms with Gasteiger partial charge in [0.15, 0.2) is 5.78 Å². The number of carbonyl (C=O) groups is 6. The molecule has 0 fully saturated rings.